The molecular formula is C30H51NO8. The number of Topliss-reactive ketones (excluding diaryl/α,β-unsaturated/α-hetero) is 1. The first-order valence-electron chi connectivity index (χ1n) is 14.3. The van der Waals surface area contributed by atoms with E-state index in [0.717, 1.165) is 12.8 Å². The van der Waals surface area contributed by atoms with Crippen molar-refractivity contribution in [2.24, 2.45) is 5.92 Å². The van der Waals surface area contributed by atoms with Crippen LogP contribution in [0.2, 0.25) is 0 Å². The van der Waals surface area contributed by atoms with Gasteiger partial charge in [-0.05, 0) is 78.2 Å². The molecule has 3 aliphatic carbocycles. The number of carbonyl (C=O) groups excluding carboxylic acids is 2. The number of nitrogens with zero attached hydrogens (tertiary/aromatic N) is 1. The molecule has 2 saturated carbocycles. The molecule has 224 valence electrons. The third-order valence-electron chi connectivity index (χ3n) is 8.83. The zero-order valence-electron chi connectivity index (χ0n) is 24.9. The van der Waals surface area contributed by atoms with E-state index in [0.29, 0.717) is 12.3 Å². The molecule has 0 aromatic rings. The topological polar surface area (TPSA) is 143 Å². The molecule has 39 heavy (non-hydrogen) atoms. The Bertz CT molecular complexity index is 894. The van der Waals surface area contributed by atoms with Crippen LogP contribution in [0.4, 0.5) is 0 Å². The molecule has 9 nitrogen and oxygen atoms in total. The number of aliphatic hydroxyl groups is 4. The summed E-state index contributed by atoms with van der Waals surface area (Å²) in [5.41, 5.74) is -0.653. The number of aliphatic hydroxyl groups excluding tert-OH is 3. The number of rotatable bonds is 4. The van der Waals surface area contributed by atoms with E-state index >= 15 is 0 Å². The monoisotopic (exact) mass is 553 g/mol. The Morgan fingerprint density at radius 3 is 1.85 bits per heavy atom. The standard InChI is InChI=1S/C10H16O2.2C7H10O3.C6H15N/c1-6(2)7-4-8(11)10(3)9(5-7)12-10;1-7-5(9)2-4(8)3-6(7)10-7;1-7(10)3-2-5(8)4-6(7)9;1-4-7(5-2)6-3/h7-9,11H,1,4-5H2,2-3H3;5-6,9H,2-3H2,1H3;2-3,6,9-10H,4H2,1H3;4-6H2,1-3H3/t7-,8+,9-,10+;5-,6+,7-;6-,7+;/m011./s1. The van der Waals surface area contributed by atoms with Crippen LogP contribution in [0.15, 0.2) is 24.3 Å². The van der Waals surface area contributed by atoms with Gasteiger partial charge in [-0.15, -0.1) is 0 Å². The predicted octanol–water partition coefficient (Wildman–Crippen LogP) is 2.33. The molecular weight excluding hydrogens is 502 g/mol. The smallest absolute Gasteiger partial charge is 0.158 e. The van der Waals surface area contributed by atoms with Crippen LogP contribution in [0.5, 0.6) is 0 Å². The molecule has 4 fully saturated rings. The van der Waals surface area contributed by atoms with Gasteiger partial charge in [0.05, 0.1) is 30.5 Å². The molecule has 0 amide bonds. The summed E-state index contributed by atoms with van der Waals surface area (Å²) in [6, 6.07) is 0. The number of ketones is 2. The third kappa shape index (κ3) is 8.76. The zero-order chi connectivity index (χ0) is 29.8. The average molecular weight is 554 g/mol. The summed E-state index contributed by atoms with van der Waals surface area (Å²) in [7, 11) is 0. The molecule has 0 bridgehead atoms. The van der Waals surface area contributed by atoms with Crippen LogP contribution in [0.25, 0.3) is 0 Å². The van der Waals surface area contributed by atoms with Crippen LogP contribution in [-0.2, 0) is 19.1 Å². The van der Waals surface area contributed by atoms with Crippen molar-refractivity contribution >= 4 is 11.6 Å². The van der Waals surface area contributed by atoms with Gasteiger partial charge in [-0.2, -0.15) is 0 Å². The lowest BCUT2D eigenvalue weighted by Crippen LogP contribution is -2.41. The Morgan fingerprint density at radius 1 is 0.897 bits per heavy atom. The van der Waals surface area contributed by atoms with Crippen LogP contribution in [0, 0.1) is 5.92 Å². The van der Waals surface area contributed by atoms with Crippen molar-refractivity contribution in [1.82, 2.24) is 4.90 Å². The fourth-order valence-electron chi connectivity index (χ4n) is 5.14. The molecule has 2 aliphatic heterocycles. The van der Waals surface area contributed by atoms with E-state index < -0.39 is 17.8 Å². The lowest BCUT2D eigenvalue weighted by Gasteiger charge is -2.27. The first kappa shape index (κ1) is 33.7. The van der Waals surface area contributed by atoms with Crippen molar-refractivity contribution in [2.75, 3.05) is 19.6 Å². The van der Waals surface area contributed by atoms with Gasteiger partial charge in [0.2, 0.25) is 0 Å². The van der Waals surface area contributed by atoms with Gasteiger partial charge < -0.3 is 34.8 Å². The second-order valence-corrected chi connectivity index (χ2v) is 11.9. The van der Waals surface area contributed by atoms with E-state index in [2.05, 4.69) is 32.3 Å². The second-order valence-electron chi connectivity index (χ2n) is 11.9. The molecule has 0 unspecified atom stereocenters. The van der Waals surface area contributed by atoms with E-state index in [9.17, 15) is 24.9 Å². The molecule has 0 radical (unpaired) electrons. The van der Waals surface area contributed by atoms with Crippen LogP contribution in [0.3, 0.4) is 0 Å². The third-order valence-corrected chi connectivity index (χ3v) is 8.83. The van der Waals surface area contributed by atoms with Gasteiger partial charge >= 0.3 is 0 Å². The molecule has 2 saturated heterocycles. The highest BCUT2D eigenvalue weighted by Gasteiger charge is 2.61. The molecule has 4 N–H and O–H groups in total. The zero-order valence-corrected chi connectivity index (χ0v) is 24.9. The Kier molecular flexibility index (Phi) is 11.7. The largest absolute Gasteiger partial charge is 0.390 e. The summed E-state index contributed by atoms with van der Waals surface area (Å²) >= 11 is 0. The van der Waals surface area contributed by atoms with Gasteiger partial charge in [0.15, 0.2) is 5.78 Å². The summed E-state index contributed by atoms with van der Waals surface area (Å²) in [4.78, 5) is 23.8. The molecule has 0 aromatic heterocycles. The summed E-state index contributed by atoms with van der Waals surface area (Å²) in [5.74, 6) is 0.437. The van der Waals surface area contributed by atoms with E-state index in [4.69, 9.17) is 14.6 Å². The second kappa shape index (κ2) is 13.5. The highest BCUT2D eigenvalue weighted by atomic mass is 16.6. The maximum absolute atomic E-state index is 10.8. The number of epoxide rings is 2. The Morgan fingerprint density at radius 2 is 1.44 bits per heavy atom. The number of ether oxygens (including phenoxy) is 2. The SMILES string of the molecule is C=C(C)[C@H]1C[C@@H](O)[C@@]2(C)O[C@H]2C1.CCN(CC)CC.C[C@]1(O)C=CC(=O)C[C@H]1O.C[C@]12O[C@H]1CC(=O)C[C@H]2O. The van der Waals surface area contributed by atoms with Gasteiger partial charge in [-0.3, -0.25) is 9.59 Å². The first-order valence-corrected chi connectivity index (χ1v) is 14.3. The quantitative estimate of drug-likeness (QED) is 0.305. The minimum atomic E-state index is -1.23. The van der Waals surface area contributed by atoms with Crippen LogP contribution >= 0.6 is 0 Å². The molecule has 9 heteroatoms. The molecule has 2 heterocycles. The van der Waals surface area contributed by atoms with E-state index in [1.165, 1.54) is 44.3 Å². The summed E-state index contributed by atoms with van der Waals surface area (Å²) < 4.78 is 10.6. The molecule has 5 aliphatic rings. The number of hydrogen-bond acceptors (Lipinski definition) is 9. The summed E-state index contributed by atoms with van der Waals surface area (Å²) in [6.07, 6.45) is 3.74. The highest BCUT2D eigenvalue weighted by Crippen LogP contribution is 2.50. The van der Waals surface area contributed by atoms with Gasteiger partial charge in [0, 0.05) is 19.3 Å². The highest BCUT2D eigenvalue weighted by molar-refractivity contribution is 5.91. The lowest BCUT2D eigenvalue weighted by atomic mass is 9.78. The normalized spacial score (nSPS) is 41.4. The molecule has 5 rings (SSSR count). The van der Waals surface area contributed by atoms with Crippen molar-refractivity contribution in [3.63, 3.8) is 0 Å². The van der Waals surface area contributed by atoms with E-state index in [1.54, 1.807) is 0 Å². The van der Waals surface area contributed by atoms with Gasteiger partial charge in [-0.25, -0.2) is 0 Å². The van der Waals surface area contributed by atoms with Crippen molar-refractivity contribution in [3.05, 3.63) is 24.3 Å². The first-order chi connectivity index (χ1) is 18.0. The van der Waals surface area contributed by atoms with Crippen LogP contribution in [-0.4, -0.2) is 104 Å². The number of fused-ring (bicyclic) bond motifs is 2. The molecule has 9 atom stereocenters. The minimum absolute atomic E-state index is 0.00347. The number of hydrogen-bond donors (Lipinski definition) is 4. The maximum atomic E-state index is 10.8. The van der Waals surface area contributed by atoms with Gasteiger partial charge in [0.25, 0.3) is 0 Å². The van der Waals surface area contributed by atoms with Crippen LogP contribution < -0.4 is 0 Å². The fraction of sp³-hybridized carbons (Fsp3) is 0.800. The van der Waals surface area contributed by atoms with Gasteiger partial charge in [-0.1, -0.05) is 32.9 Å². The number of allylic oxidation sites excluding steroid dienone is 2. The Labute approximate surface area is 233 Å². The Balaban J connectivity index is 0.000000186. The van der Waals surface area contributed by atoms with E-state index in [-0.39, 0.29) is 53.9 Å². The predicted molar refractivity (Wildman–Crippen MR) is 149 cm³/mol. The maximum Gasteiger partial charge on any atom is 0.158 e. The van der Waals surface area contributed by atoms with Crippen molar-refractivity contribution in [1.29, 1.82) is 0 Å². The van der Waals surface area contributed by atoms with Crippen molar-refractivity contribution in [2.45, 2.75) is 128 Å². The van der Waals surface area contributed by atoms with Crippen molar-refractivity contribution in [3.8, 4) is 0 Å². The van der Waals surface area contributed by atoms with Crippen LogP contribution in [0.1, 0.15) is 80.6 Å². The minimum Gasteiger partial charge on any atom is -0.390 e. The number of carbonyl (C=O) groups is 2. The lowest BCUT2D eigenvalue weighted by molar-refractivity contribution is -0.123. The summed E-state index contributed by atoms with van der Waals surface area (Å²) in [6.45, 7) is 21.4. The molecule has 0 aromatic carbocycles. The van der Waals surface area contributed by atoms with E-state index in [1.807, 2.05) is 20.8 Å². The average Bonchev–Trinajstić information content (AvgIpc) is 3.74. The van der Waals surface area contributed by atoms with Gasteiger partial charge in [0.1, 0.15) is 22.6 Å². The Hall–Kier alpha value is -1.46. The fourth-order valence-corrected chi connectivity index (χ4v) is 5.14. The molecule has 0 spiro atoms. The summed E-state index contributed by atoms with van der Waals surface area (Å²) in [5, 5.41) is 37.4. The van der Waals surface area contributed by atoms with Crippen molar-refractivity contribution < 1.29 is 39.5 Å².